The Morgan fingerprint density at radius 3 is 1.84 bits per heavy atom. The van der Waals surface area contributed by atoms with E-state index in [0.717, 1.165) is 27.2 Å². The minimum atomic E-state index is -0.504. The summed E-state index contributed by atoms with van der Waals surface area (Å²) in [7, 11) is 0. The fraction of sp³-hybridized carbons (Fsp3) is 0.667. The summed E-state index contributed by atoms with van der Waals surface area (Å²) in [6.07, 6.45) is 0. The molecule has 0 aromatic carbocycles. The first-order valence-corrected chi connectivity index (χ1v) is 6.72. The molecule has 1 aliphatic heterocycles. The average Bonchev–Trinajstić information content (AvgIpc) is 2.36. The highest BCUT2D eigenvalue weighted by atomic mass is 16.7. The summed E-state index contributed by atoms with van der Waals surface area (Å²) < 4.78 is 12.5. The molecule has 2 heterocycles. The van der Waals surface area contributed by atoms with Gasteiger partial charge in [-0.3, -0.25) is 0 Å². The van der Waals surface area contributed by atoms with Gasteiger partial charge in [-0.05, 0) is 33.3 Å². The Morgan fingerprint density at radius 1 is 1.00 bits per heavy atom. The van der Waals surface area contributed by atoms with E-state index in [-0.39, 0.29) is 5.92 Å². The smallest absolute Gasteiger partial charge is 0.193 e. The van der Waals surface area contributed by atoms with Crippen LogP contribution in [0.15, 0.2) is 0 Å². The van der Waals surface area contributed by atoms with Crippen molar-refractivity contribution in [3.8, 4) is 0 Å². The molecule has 0 amide bonds. The van der Waals surface area contributed by atoms with Crippen LogP contribution in [0.3, 0.4) is 0 Å². The maximum absolute atomic E-state index is 12.0. The van der Waals surface area contributed by atoms with Crippen molar-refractivity contribution < 1.29 is 14.2 Å². The first-order valence-electron chi connectivity index (χ1n) is 6.72. The van der Waals surface area contributed by atoms with Gasteiger partial charge < -0.3 is 14.7 Å². The lowest BCUT2D eigenvalue weighted by Gasteiger charge is -2.36. The molecule has 0 unspecified atom stereocenters. The molecule has 0 N–H and O–H groups in total. The third-order valence-corrected chi connectivity index (χ3v) is 4.18. The van der Waals surface area contributed by atoms with Crippen LogP contribution in [0.1, 0.15) is 47.8 Å². The third-order valence-electron chi connectivity index (χ3n) is 4.18. The molecule has 0 atom stereocenters. The zero-order valence-electron chi connectivity index (χ0n) is 12.7. The van der Waals surface area contributed by atoms with Crippen LogP contribution in [0.4, 0.5) is 0 Å². The number of hydrogen-bond donors (Lipinski definition) is 0. The van der Waals surface area contributed by atoms with Gasteiger partial charge in [-0.15, -0.1) is 0 Å². The van der Waals surface area contributed by atoms with Crippen molar-refractivity contribution in [2.75, 3.05) is 13.2 Å². The zero-order valence-corrected chi connectivity index (χ0v) is 12.7. The summed E-state index contributed by atoms with van der Waals surface area (Å²) in [5.74, 6) is -0.304. The first-order chi connectivity index (χ1) is 8.74. The molecular formula is C15H23NO3. The molecule has 0 spiro atoms. The zero-order chi connectivity index (χ0) is 14.4. The van der Waals surface area contributed by atoms with Crippen molar-refractivity contribution in [2.24, 2.45) is 0 Å². The minimum Gasteiger partial charge on any atom is -0.618 e. The van der Waals surface area contributed by atoms with Gasteiger partial charge >= 0.3 is 0 Å². The molecule has 1 fully saturated rings. The Morgan fingerprint density at radius 2 is 1.42 bits per heavy atom. The van der Waals surface area contributed by atoms with Gasteiger partial charge in [0.05, 0.1) is 13.2 Å². The number of ether oxygens (including phenoxy) is 2. The lowest BCUT2D eigenvalue weighted by atomic mass is 9.89. The van der Waals surface area contributed by atoms with E-state index < -0.39 is 5.79 Å². The van der Waals surface area contributed by atoms with Gasteiger partial charge in [-0.1, -0.05) is 0 Å². The van der Waals surface area contributed by atoms with E-state index in [4.69, 9.17) is 9.47 Å². The van der Waals surface area contributed by atoms with Crippen molar-refractivity contribution >= 4 is 0 Å². The number of hydrogen-bond acceptors (Lipinski definition) is 3. The molecule has 1 aromatic rings. The van der Waals surface area contributed by atoms with Gasteiger partial charge in [0.15, 0.2) is 17.2 Å². The Kier molecular flexibility index (Phi) is 3.58. The predicted molar refractivity (Wildman–Crippen MR) is 73.1 cm³/mol. The molecule has 0 saturated carbocycles. The van der Waals surface area contributed by atoms with E-state index in [2.05, 4.69) is 0 Å². The fourth-order valence-corrected chi connectivity index (χ4v) is 2.70. The molecule has 0 bridgehead atoms. The van der Waals surface area contributed by atoms with E-state index in [1.165, 1.54) is 5.56 Å². The summed E-state index contributed by atoms with van der Waals surface area (Å²) in [5.41, 5.74) is 4.84. The van der Waals surface area contributed by atoms with Crippen LogP contribution in [0, 0.1) is 32.9 Å². The van der Waals surface area contributed by atoms with Crippen LogP contribution in [-0.2, 0) is 9.47 Å². The SMILES string of the molecule is Cc1c(C2COC(C)(C)OC2)c(C)c(C)[n+]([O-])c1C. The second kappa shape index (κ2) is 4.76. The maximum Gasteiger partial charge on any atom is 0.193 e. The van der Waals surface area contributed by atoms with Crippen molar-refractivity contribution in [3.63, 3.8) is 0 Å². The van der Waals surface area contributed by atoms with Gasteiger partial charge in [0.2, 0.25) is 0 Å². The molecule has 0 radical (unpaired) electrons. The van der Waals surface area contributed by atoms with Gasteiger partial charge in [0.1, 0.15) is 0 Å². The molecule has 106 valence electrons. The van der Waals surface area contributed by atoms with Crippen molar-refractivity contribution in [1.29, 1.82) is 0 Å². The summed E-state index contributed by atoms with van der Waals surface area (Å²) in [4.78, 5) is 0. The van der Waals surface area contributed by atoms with Gasteiger partial charge in [-0.25, -0.2) is 0 Å². The molecule has 1 saturated heterocycles. The molecule has 2 rings (SSSR count). The van der Waals surface area contributed by atoms with E-state index in [1.807, 2.05) is 41.5 Å². The van der Waals surface area contributed by atoms with Crippen molar-refractivity contribution in [1.82, 2.24) is 0 Å². The number of nitrogens with zero attached hydrogens (tertiary/aromatic N) is 1. The van der Waals surface area contributed by atoms with Gasteiger partial charge in [0.25, 0.3) is 0 Å². The molecule has 4 heteroatoms. The highest BCUT2D eigenvalue weighted by Gasteiger charge is 2.32. The van der Waals surface area contributed by atoms with Crippen molar-refractivity contribution in [3.05, 3.63) is 33.3 Å². The molecule has 4 nitrogen and oxygen atoms in total. The number of rotatable bonds is 1. The van der Waals surface area contributed by atoms with E-state index >= 15 is 0 Å². The lowest BCUT2D eigenvalue weighted by Crippen LogP contribution is -2.41. The summed E-state index contributed by atoms with van der Waals surface area (Å²) >= 11 is 0. The summed E-state index contributed by atoms with van der Waals surface area (Å²) in [6.45, 7) is 12.9. The quantitative estimate of drug-likeness (QED) is 0.578. The molecule has 19 heavy (non-hydrogen) atoms. The first kappa shape index (κ1) is 14.3. The second-order valence-corrected chi connectivity index (χ2v) is 5.85. The maximum atomic E-state index is 12.0. The fourth-order valence-electron chi connectivity index (χ4n) is 2.70. The highest BCUT2D eigenvalue weighted by Crippen LogP contribution is 2.32. The molecule has 0 aliphatic carbocycles. The van der Waals surface area contributed by atoms with Crippen LogP contribution >= 0.6 is 0 Å². The summed E-state index contributed by atoms with van der Waals surface area (Å²) in [6, 6.07) is 0. The van der Waals surface area contributed by atoms with Crippen molar-refractivity contribution in [2.45, 2.75) is 53.2 Å². The molecule has 1 aromatic heterocycles. The van der Waals surface area contributed by atoms with E-state index in [9.17, 15) is 5.21 Å². The molecule has 1 aliphatic rings. The minimum absolute atomic E-state index is 0.201. The number of aromatic nitrogens is 1. The number of pyridine rings is 1. The molecular weight excluding hydrogens is 242 g/mol. The van der Waals surface area contributed by atoms with Gasteiger partial charge in [-0.2, -0.15) is 4.73 Å². The highest BCUT2D eigenvalue weighted by molar-refractivity contribution is 5.38. The Labute approximate surface area is 114 Å². The summed E-state index contributed by atoms with van der Waals surface area (Å²) in [5, 5.41) is 12.0. The lowest BCUT2D eigenvalue weighted by molar-refractivity contribution is -0.620. The van der Waals surface area contributed by atoms with Gasteiger partial charge in [0, 0.05) is 30.9 Å². The topological polar surface area (TPSA) is 45.4 Å². The Hall–Kier alpha value is -1.13. The van der Waals surface area contributed by atoms with Crippen LogP contribution in [0.25, 0.3) is 0 Å². The Bertz CT molecular complexity index is 470. The van der Waals surface area contributed by atoms with Crippen LogP contribution in [0.5, 0.6) is 0 Å². The van der Waals surface area contributed by atoms with E-state index in [0.29, 0.717) is 13.2 Å². The van der Waals surface area contributed by atoms with Crippen LogP contribution in [0.2, 0.25) is 0 Å². The van der Waals surface area contributed by atoms with Crippen LogP contribution in [-0.4, -0.2) is 19.0 Å². The predicted octanol–water partition coefficient (Wildman–Crippen LogP) is 2.42. The standard InChI is InChI=1S/C15H23NO3/c1-9-11(3)16(17)12(4)10(2)14(9)13-7-18-15(5,6)19-8-13/h13H,7-8H2,1-6H3. The normalized spacial score (nSPS) is 19.7. The van der Waals surface area contributed by atoms with E-state index in [1.54, 1.807) is 0 Å². The third kappa shape index (κ3) is 2.47. The second-order valence-electron chi connectivity index (χ2n) is 5.85. The Balaban J connectivity index is 2.41. The largest absolute Gasteiger partial charge is 0.618 e. The van der Waals surface area contributed by atoms with Crippen LogP contribution < -0.4 is 4.73 Å². The monoisotopic (exact) mass is 265 g/mol. The average molecular weight is 265 g/mol.